The van der Waals surface area contributed by atoms with Crippen LogP contribution in [0.25, 0.3) is 273 Å². The van der Waals surface area contributed by atoms with Crippen molar-refractivity contribution in [3.63, 3.8) is 0 Å². The van der Waals surface area contributed by atoms with Gasteiger partial charge in [-0.1, -0.05) is 467 Å². The topological polar surface area (TPSA) is 0 Å². The Morgan fingerprint density at radius 3 is 0.572 bits per heavy atom. The van der Waals surface area contributed by atoms with E-state index in [0.29, 0.717) is 0 Å². The molecule has 0 radical (unpaired) electrons. The van der Waals surface area contributed by atoms with E-state index < -0.39 is 0 Å². The highest BCUT2D eigenvalue weighted by Gasteiger charge is 2.25. The van der Waals surface area contributed by atoms with Gasteiger partial charge < -0.3 is 0 Å². The van der Waals surface area contributed by atoms with E-state index in [1.807, 2.05) is 0 Å². The predicted octanol–water partition coefficient (Wildman–Crippen LogP) is 39.0. The summed E-state index contributed by atoms with van der Waals surface area (Å²) in [6, 6.07) is 196. The van der Waals surface area contributed by atoms with Crippen molar-refractivity contribution in [1.29, 1.82) is 0 Å². The molecule has 0 atom stereocenters. The second-order valence-corrected chi connectivity index (χ2v) is 36.7. The second kappa shape index (κ2) is 34.3. The van der Waals surface area contributed by atoms with E-state index in [9.17, 15) is 0 Å². The maximum absolute atomic E-state index is 2.45. The molecule has 0 aliphatic rings. The Kier molecular flexibility index (Phi) is 20.1. The van der Waals surface area contributed by atoms with E-state index in [2.05, 4.69) is 534 Å². The molecule has 0 amide bonds. The maximum Gasteiger partial charge on any atom is -0.00259 e. The first-order chi connectivity index (χ1) is 68.4. The summed E-state index contributed by atoms with van der Waals surface area (Å²) in [6.45, 7) is 0. The van der Waals surface area contributed by atoms with Crippen LogP contribution in [-0.2, 0) is 0 Å². The molecule has 28 aromatic rings. The molecule has 28 rings (SSSR count). The molecule has 0 saturated heterocycles. The maximum atomic E-state index is 2.45. The lowest BCUT2D eigenvalue weighted by molar-refractivity contribution is 1.60. The minimum atomic E-state index is 1.21. The summed E-state index contributed by atoms with van der Waals surface area (Å²) in [5, 5.41) is 37.9. The number of hydrogen-bond acceptors (Lipinski definition) is 0. The smallest absolute Gasteiger partial charge is 0.00259 e. The second-order valence-electron chi connectivity index (χ2n) is 36.7. The monoisotopic (exact) mass is 1740 g/mol. The van der Waals surface area contributed by atoms with Crippen molar-refractivity contribution in [2.45, 2.75) is 0 Å². The third kappa shape index (κ3) is 14.5. The van der Waals surface area contributed by atoms with Crippen LogP contribution in [0.5, 0.6) is 0 Å². The molecule has 0 fully saturated rings. The number of benzene rings is 28. The van der Waals surface area contributed by atoms with Crippen LogP contribution in [0.15, 0.2) is 534 Å². The normalized spacial score (nSPS) is 11.6. The van der Waals surface area contributed by atoms with Gasteiger partial charge in [-0.3, -0.25) is 0 Å². The zero-order valence-corrected chi connectivity index (χ0v) is 75.8. The fraction of sp³-hybridized carbons (Fsp3) is 0. The van der Waals surface area contributed by atoms with Gasteiger partial charge in [0.05, 0.1) is 0 Å². The van der Waals surface area contributed by atoms with Crippen LogP contribution in [0.2, 0.25) is 0 Å². The van der Waals surface area contributed by atoms with Crippen molar-refractivity contribution in [1.82, 2.24) is 0 Å². The highest BCUT2D eigenvalue weighted by Crippen LogP contribution is 2.52. The van der Waals surface area contributed by atoms with Gasteiger partial charge in [0, 0.05) is 0 Å². The van der Waals surface area contributed by atoms with Crippen LogP contribution in [0, 0.1) is 0 Å². The number of hydrogen-bond donors (Lipinski definition) is 0. The Hall–Kier alpha value is -17.9. The number of fused-ring (bicyclic) bond motifs is 16. The summed E-state index contributed by atoms with van der Waals surface area (Å²) in [5.41, 5.74) is 25.0. The zero-order chi connectivity index (χ0) is 91.1. The van der Waals surface area contributed by atoms with Crippen molar-refractivity contribution in [3.8, 4) is 111 Å². The summed E-state index contributed by atoms with van der Waals surface area (Å²) in [7, 11) is 0. The van der Waals surface area contributed by atoms with Crippen LogP contribution in [0.1, 0.15) is 0 Å². The molecule has 0 spiro atoms. The number of rotatable bonds is 10. The lowest BCUT2D eigenvalue weighted by Crippen LogP contribution is -1.92. The summed E-state index contributed by atoms with van der Waals surface area (Å²) in [4.78, 5) is 0. The first-order valence-corrected chi connectivity index (χ1v) is 47.9. The Morgan fingerprint density at radius 1 is 0.0725 bits per heavy atom. The summed E-state index contributed by atoms with van der Waals surface area (Å²) in [6.07, 6.45) is 0. The predicted molar refractivity (Wildman–Crippen MR) is 596 cm³/mol. The molecule has 0 N–H and O–H groups in total. The molecular weight excluding hydrogens is 1660 g/mol. The van der Waals surface area contributed by atoms with E-state index in [-0.39, 0.29) is 0 Å². The summed E-state index contributed by atoms with van der Waals surface area (Å²) >= 11 is 0. The molecule has 28 aromatic carbocycles. The van der Waals surface area contributed by atoms with Crippen LogP contribution < -0.4 is 0 Å². The molecule has 0 aliphatic carbocycles. The van der Waals surface area contributed by atoms with Crippen LogP contribution >= 0.6 is 0 Å². The Labute approximate surface area is 800 Å². The molecule has 0 nitrogen and oxygen atoms in total. The standard InChI is InChI=1S/C48H30.C46H30.C44H28/c1-3-13-33-27-37(23-21-31(33)11-1)47-42-19-9-10-20-43(42)48(38-24-22-32-12-2-4-14-34(32)28-38)46-30-36(25-26-44(46)47)45-29-35-15-5-6-16-39(35)40-17-7-8-18-41(40)45;1-2-10-31(11-3-1)34-18-20-35(21-19-34)38-26-27-43-44(30-38)46(40-25-23-33-13-5-7-15-37(33)29-40)42-17-9-8-16-41(42)45(43)39-24-22-32-12-4-6-14-36(32)28-39;1-4-12-32-25-35(20-17-29(32)9-1)36-23-24-41-42(28-36)44(38-22-19-31-11-3-6-14-34(31)27-38)40-16-8-7-15-39(40)43(41)37-21-18-30-10-2-5-13-33(30)26-37/h1-30H;1-30H;1-28H. The fourth-order valence-corrected chi connectivity index (χ4v) is 22.1. The highest BCUT2D eigenvalue weighted by molar-refractivity contribution is 6.27. The molecule has 0 unspecified atom stereocenters. The molecule has 0 heteroatoms. The molecule has 0 aromatic heterocycles. The van der Waals surface area contributed by atoms with Gasteiger partial charge >= 0.3 is 0 Å². The average molecular weight is 1750 g/mol. The van der Waals surface area contributed by atoms with E-state index in [0.717, 1.165) is 0 Å². The first-order valence-electron chi connectivity index (χ1n) is 47.9. The van der Waals surface area contributed by atoms with Crippen LogP contribution in [0.3, 0.4) is 0 Å². The third-order valence-electron chi connectivity index (χ3n) is 28.8. The molecular formula is C138H88. The lowest BCUT2D eigenvalue weighted by atomic mass is 9.83. The van der Waals surface area contributed by atoms with Crippen molar-refractivity contribution in [2.75, 3.05) is 0 Å². The Bertz CT molecular complexity index is 9780. The first kappa shape index (κ1) is 80.9. The highest BCUT2D eigenvalue weighted by atomic mass is 14.3. The van der Waals surface area contributed by atoms with Gasteiger partial charge in [0.1, 0.15) is 0 Å². The SMILES string of the molecule is c1ccc(-c2ccc(-c3ccc4c(-c5ccc6ccccc6c5)c5ccccc5c(-c5ccc6ccccc6c5)c4c3)cc2)cc1.c1ccc2cc(-c3c4ccccc4c(-c4ccc5ccccc5c4)c4cc(-c5cc6ccccc6c6ccccc56)ccc34)ccc2c1.c1ccc2cc(-c3ccc4c(-c5ccc6ccccc6c5)c5ccccc5c(-c5ccc6ccccc6c5)c4c3)ccc2c1. The fourth-order valence-electron chi connectivity index (χ4n) is 22.1. The van der Waals surface area contributed by atoms with Gasteiger partial charge in [0.15, 0.2) is 0 Å². The molecule has 138 heavy (non-hydrogen) atoms. The molecule has 0 bridgehead atoms. The molecule has 0 aliphatic heterocycles. The van der Waals surface area contributed by atoms with Gasteiger partial charge in [0.2, 0.25) is 0 Å². The van der Waals surface area contributed by atoms with Crippen molar-refractivity contribution in [3.05, 3.63) is 534 Å². The van der Waals surface area contributed by atoms with Crippen molar-refractivity contribution < 1.29 is 0 Å². The van der Waals surface area contributed by atoms with Crippen LogP contribution in [-0.4, -0.2) is 0 Å². The molecule has 0 heterocycles. The van der Waals surface area contributed by atoms with E-state index >= 15 is 0 Å². The van der Waals surface area contributed by atoms with Crippen molar-refractivity contribution >= 4 is 162 Å². The van der Waals surface area contributed by atoms with E-state index in [1.54, 1.807) is 0 Å². The molecule has 640 valence electrons. The average Bonchev–Trinajstić information content (AvgIpc) is 0.730. The summed E-state index contributed by atoms with van der Waals surface area (Å²) in [5.74, 6) is 0. The third-order valence-corrected chi connectivity index (χ3v) is 28.8. The minimum Gasteiger partial charge on any atom is -0.0622 e. The van der Waals surface area contributed by atoms with Gasteiger partial charge in [-0.2, -0.15) is 0 Å². The van der Waals surface area contributed by atoms with Gasteiger partial charge in [-0.05, 0) is 340 Å². The quantitative estimate of drug-likeness (QED) is 0.0946. The van der Waals surface area contributed by atoms with Gasteiger partial charge in [-0.25, -0.2) is 0 Å². The molecule has 0 saturated carbocycles. The zero-order valence-electron chi connectivity index (χ0n) is 75.8. The Balaban J connectivity index is 0.000000107. The van der Waals surface area contributed by atoms with E-state index in [4.69, 9.17) is 0 Å². The van der Waals surface area contributed by atoms with Gasteiger partial charge in [0.25, 0.3) is 0 Å². The largest absolute Gasteiger partial charge is 0.0622 e. The Morgan fingerprint density at radius 2 is 0.254 bits per heavy atom. The summed E-state index contributed by atoms with van der Waals surface area (Å²) < 4.78 is 0. The lowest BCUT2D eigenvalue weighted by Gasteiger charge is -2.20. The van der Waals surface area contributed by atoms with Gasteiger partial charge in [-0.15, -0.1) is 0 Å². The van der Waals surface area contributed by atoms with E-state index in [1.165, 1.54) is 273 Å². The van der Waals surface area contributed by atoms with Crippen molar-refractivity contribution in [2.24, 2.45) is 0 Å². The minimum absolute atomic E-state index is 1.21. The van der Waals surface area contributed by atoms with Crippen LogP contribution in [0.4, 0.5) is 0 Å².